The number of carbonyl (C=O) groups excluding carboxylic acids is 1. The van der Waals surface area contributed by atoms with Crippen LogP contribution in [0.2, 0.25) is 0 Å². The smallest absolute Gasteiger partial charge is 0.244 e. The maximum Gasteiger partial charge on any atom is 0.244 e. The average molecular weight is 361 g/mol. The van der Waals surface area contributed by atoms with Gasteiger partial charge in [0.1, 0.15) is 6.04 Å². The monoisotopic (exact) mass is 361 g/mol. The van der Waals surface area contributed by atoms with Crippen molar-refractivity contribution in [1.29, 1.82) is 0 Å². The van der Waals surface area contributed by atoms with Crippen LogP contribution >= 0.6 is 0 Å². The van der Waals surface area contributed by atoms with E-state index in [4.69, 9.17) is 0 Å². The number of hydrogen-bond acceptors (Lipinski definition) is 3. The molecule has 0 radical (unpaired) electrons. The van der Waals surface area contributed by atoms with E-state index in [0.717, 1.165) is 16.5 Å². The zero-order valence-corrected chi connectivity index (χ0v) is 16.3. The summed E-state index contributed by atoms with van der Waals surface area (Å²) < 4.78 is 0. The van der Waals surface area contributed by atoms with Gasteiger partial charge < -0.3 is 4.90 Å². The lowest BCUT2D eigenvalue weighted by molar-refractivity contribution is -0.136. The molecule has 0 aliphatic heterocycles. The van der Waals surface area contributed by atoms with E-state index >= 15 is 0 Å². The molecule has 1 atom stereocenters. The van der Waals surface area contributed by atoms with Gasteiger partial charge in [0.2, 0.25) is 5.91 Å². The highest BCUT2D eigenvalue weighted by Gasteiger charge is 2.28. The molecule has 0 bridgehead atoms. The van der Waals surface area contributed by atoms with Crippen molar-refractivity contribution in [2.75, 3.05) is 20.1 Å². The van der Waals surface area contributed by atoms with Crippen molar-refractivity contribution in [2.24, 2.45) is 0 Å². The molecule has 1 unspecified atom stereocenters. The van der Waals surface area contributed by atoms with Crippen LogP contribution in [0.1, 0.15) is 31.0 Å². The molecular weight excluding hydrogens is 334 g/mol. The predicted octanol–water partition coefficient (Wildman–Crippen LogP) is 4.28. The van der Waals surface area contributed by atoms with E-state index in [1.54, 1.807) is 0 Å². The number of fused-ring (bicyclic) bond motifs is 1. The van der Waals surface area contributed by atoms with E-state index in [-0.39, 0.29) is 11.9 Å². The molecule has 3 aromatic rings. The highest BCUT2D eigenvalue weighted by molar-refractivity contribution is 5.83. The van der Waals surface area contributed by atoms with Gasteiger partial charge in [0.05, 0.1) is 5.52 Å². The van der Waals surface area contributed by atoms with E-state index in [1.165, 1.54) is 5.56 Å². The first kappa shape index (κ1) is 19.1. The number of carbonyl (C=O) groups is 1. The summed E-state index contributed by atoms with van der Waals surface area (Å²) in [6.07, 6.45) is 1.81. The molecule has 3 rings (SSSR count). The number of aromatic nitrogens is 1. The molecule has 0 saturated heterocycles. The molecule has 4 nitrogen and oxygen atoms in total. The highest BCUT2D eigenvalue weighted by atomic mass is 16.2. The SMILES string of the molecule is CCN(CC)C(=O)C(c1ccccc1)N(C)Cc1ccc2ncccc2c1. The molecule has 0 N–H and O–H groups in total. The van der Waals surface area contributed by atoms with Crippen LogP contribution in [-0.4, -0.2) is 40.8 Å². The Hall–Kier alpha value is -2.72. The van der Waals surface area contributed by atoms with E-state index in [2.05, 4.69) is 28.1 Å². The zero-order chi connectivity index (χ0) is 19.2. The Morgan fingerprint density at radius 3 is 2.44 bits per heavy atom. The van der Waals surface area contributed by atoms with E-state index < -0.39 is 0 Å². The van der Waals surface area contributed by atoms with Crippen LogP contribution in [0, 0.1) is 0 Å². The Kier molecular flexibility index (Phi) is 6.20. The van der Waals surface area contributed by atoms with Gasteiger partial charge in [0.15, 0.2) is 0 Å². The van der Waals surface area contributed by atoms with E-state index in [0.29, 0.717) is 19.6 Å². The van der Waals surface area contributed by atoms with Crippen molar-refractivity contribution in [3.05, 3.63) is 78.0 Å². The number of pyridine rings is 1. The largest absolute Gasteiger partial charge is 0.342 e. The third kappa shape index (κ3) is 4.34. The second-order valence-corrected chi connectivity index (χ2v) is 6.77. The average Bonchev–Trinajstić information content (AvgIpc) is 2.70. The van der Waals surface area contributed by atoms with E-state index in [9.17, 15) is 4.79 Å². The fourth-order valence-electron chi connectivity index (χ4n) is 3.53. The Bertz CT molecular complexity index is 890. The molecule has 0 aliphatic rings. The first-order valence-electron chi connectivity index (χ1n) is 9.51. The standard InChI is InChI=1S/C23H27N3O/c1-4-26(5-2)23(27)22(19-10-7-6-8-11-19)25(3)17-18-13-14-21-20(16-18)12-9-15-24-21/h6-16,22H,4-5,17H2,1-3H3. The van der Waals surface area contributed by atoms with Crippen molar-refractivity contribution >= 4 is 16.8 Å². The Morgan fingerprint density at radius 1 is 1.00 bits per heavy atom. The molecule has 27 heavy (non-hydrogen) atoms. The van der Waals surface area contributed by atoms with Crippen molar-refractivity contribution in [1.82, 2.24) is 14.8 Å². The minimum atomic E-state index is -0.296. The maximum absolute atomic E-state index is 13.2. The van der Waals surface area contributed by atoms with Crippen LogP contribution < -0.4 is 0 Å². The highest BCUT2D eigenvalue weighted by Crippen LogP contribution is 2.25. The number of rotatable bonds is 7. The molecule has 1 aromatic heterocycles. The Morgan fingerprint density at radius 2 is 1.74 bits per heavy atom. The predicted molar refractivity (Wildman–Crippen MR) is 110 cm³/mol. The first-order chi connectivity index (χ1) is 13.1. The summed E-state index contributed by atoms with van der Waals surface area (Å²) in [5.74, 6) is 0.149. The van der Waals surface area contributed by atoms with Crippen LogP contribution in [0.25, 0.3) is 10.9 Å². The number of nitrogens with zero attached hydrogens (tertiary/aromatic N) is 3. The molecule has 1 amide bonds. The van der Waals surface area contributed by atoms with Crippen LogP contribution in [0.3, 0.4) is 0 Å². The van der Waals surface area contributed by atoms with Gasteiger partial charge in [0.25, 0.3) is 0 Å². The van der Waals surface area contributed by atoms with Gasteiger partial charge >= 0.3 is 0 Å². The molecule has 140 valence electrons. The van der Waals surface area contributed by atoms with Gasteiger partial charge in [-0.3, -0.25) is 14.7 Å². The topological polar surface area (TPSA) is 36.4 Å². The number of likely N-dealkylation sites (N-methyl/N-ethyl adjacent to an activating group) is 2. The van der Waals surface area contributed by atoms with Gasteiger partial charge in [-0.2, -0.15) is 0 Å². The summed E-state index contributed by atoms with van der Waals surface area (Å²) in [6, 6.07) is 20.1. The molecule has 0 saturated carbocycles. The van der Waals surface area contributed by atoms with Crippen molar-refractivity contribution in [2.45, 2.75) is 26.4 Å². The lowest BCUT2D eigenvalue weighted by Gasteiger charge is -2.32. The molecule has 1 heterocycles. The van der Waals surface area contributed by atoms with Gasteiger partial charge in [-0.25, -0.2) is 0 Å². The third-order valence-corrected chi connectivity index (χ3v) is 4.96. The summed E-state index contributed by atoms with van der Waals surface area (Å²) in [4.78, 5) is 21.6. The Labute approximate surface area is 161 Å². The quantitative estimate of drug-likeness (QED) is 0.630. The number of hydrogen-bond donors (Lipinski definition) is 0. The first-order valence-corrected chi connectivity index (χ1v) is 9.51. The molecule has 2 aromatic carbocycles. The van der Waals surface area contributed by atoms with Gasteiger partial charge in [-0.15, -0.1) is 0 Å². The zero-order valence-electron chi connectivity index (χ0n) is 16.3. The fraction of sp³-hybridized carbons (Fsp3) is 0.304. The third-order valence-electron chi connectivity index (χ3n) is 4.96. The lowest BCUT2D eigenvalue weighted by atomic mass is 10.0. The minimum Gasteiger partial charge on any atom is -0.342 e. The van der Waals surface area contributed by atoms with E-state index in [1.807, 2.05) is 74.5 Å². The molecule has 4 heteroatoms. The second-order valence-electron chi connectivity index (χ2n) is 6.77. The summed E-state index contributed by atoms with van der Waals surface area (Å²) in [6.45, 7) is 6.18. The van der Waals surface area contributed by atoms with Gasteiger partial charge in [-0.05, 0) is 50.2 Å². The maximum atomic E-state index is 13.2. The van der Waals surface area contributed by atoms with Gasteiger partial charge in [0, 0.05) is 31.2 Å². The summed E-state index contributed by atoms with van der Waals surface area (Å²) in [7, 11) is 2.02. The van der Waals surface area contributed by atoms with Gasteiger partial charge in [-0.1, -0.05) is 42.5 Å². The van der Waals surface area contributed by atoms with Crippen molar-refractivity contribution < 1.29 is 4.79 Å². The summed E-state index contributed by atoms with van der Waals surface area (Å²) in [5, 5.41) is 1.12. The lowest BCUT2D eigenvalue weighted by Crippen LogP contribution is -2.41. The molecule has 0 spiro atoms. The number of amides is 1. The van der Waals surface area contributed by atoms with Crippen LogP contribution in [0.5, 0.6) is 0 Å². The van der Waals surface area contributed by atoms with Crippen molar-refractivity contribution in [3.63, 3.8) is 0 Å². The molecular formula is C23H27N3O. The molecule has 0 fully saturated rings. The van der Waals surface area contributed by atoms with Crippen LogP contribution in [0.4, 0.5) is 0 Å². The van der Waals surface area contributed by atoms with Crippen molar-refractivity contribution in [3.8, 4) is 0 Å². The summed E-state index contributed by atoms with van der Waals surface area (Å²) >= 11 is 0. The Balaban J connectivity index is 1.89. The molecule has 0 aliphatic carbocycles. The summed E-state index contributed by atoms with van der Waals surface area (Å²) in [5.41, 5.74) is 3.19. The minimum absolute atomic E-state index is 0.149. The second kappa shape index (κ2) is 8.78. The normalized spacial score (nSPS) is 12.3. The number of benzene rings is 2. The fourth-order valence-corrected chi connectivity index (χ4v) is 3.53. The van der Waals surface area contributed by atoms with Crippen LogP contribution in [0.15, 0.2) is 66.9 Å². The van der Waals surface area contributed by atoms with Crippen LogP contribution in [-0.2, 0) is 11.3 Å².